The van der Waals surface area contributed by atoms with E-state index in [1.54, 1.807) is 4.90 Å². The van der Waals surface area contributed by atoms with E-state index in [0.717, 1.165) is 35.7 Å². The second kappa shape index (κ2) is 5.60. The number of rotatable bonds is 3. The third-order valence-corrected chi connectivity index (χ3v) is 3.83. The first kappa shape index (κ1) is 13.7. The van der Waals surface area contributed by atoms with Crippen molar-refractivity contribution in [2.45, 2.75) is 25.8 Å². The molecule has 2 heterocycles. The minimum atomic E-state index is -0.0829. The number of hydrogen-bond acceptors (Lipinski definition) is 4. The largest absolute Gasteiger partial charge is 0.385 e. The Labute approximate surface area is 123 Å². The maximum Gasteiger partial charge on any atom is 0.230 e. The van der Waals surface area contributed by atoms with Crippen LogP contribution in [0, 0.1) is 6.92 Å². The van der Waals surface area contributed by atoms with Gasteiger partial charge >= 0.3 is 0 Å². The number of hydrogen-bond donors (Lipinski definition) is 1. The summed E-state index contributed by atoms with van der Waals surface area (Å²) in [6.07, 6.45) is 0.817. The van der Waals surface area contributed by atoms with Crippen LogP contribution in [-0.4, -0.2) is 29.6 Å². The predicted octanol–water partition coefficient (Wildman–Crippen LogP) is 2.54. The molecule has 0 radical (unpaired) electrons. The van der Waals surface area contributed by atoms with E-state index in [4.69, 9.17) is 4.52 Å². The van der Waals surface area contributed by atoms with Gasteiger partial charge in [-0.1, -0.05) is 23.4 Å². The van der Waals surface area contributed by atoms with E-state index < -0.39 is 0 Å². The Morgan fingerprint density at radius 3 is 3.05 bits per heavy atom. The highest BCUT2D eigenvalue weighted by atomic mass is 16.5. The minimum absolute atomic E-state index is 0.0829. The molecule has 1 atom stereocenters. The van der Waals surface area contributed by atoms with E-state index in [-0.39, 0.29) is 11.8 Å². The molecule has 1 aromatic carbocycles. The summed E-state index contributed by atoms with van der Waals surface area (Å²) in [6.45, 7) is 3.15. The van der Waals surface area contributed by atoms with Crippen LogP contribution in [0.25, 0.3) is 0 Å². The quantitative estimate of drug-likeness (QED) is 0.941. The highest BCUT2D eigenvalue weighted by Crippen LogP contribution is 2.32. The van der Waals surface area contributed by atoms with Crippen LogP contribution in [0.1, 0.15) is 29.4 Å². The van der Waals surface area contributed by atoms with Gasteiger partial charge < -0.3 is 14.7 Å². The number of benzene rings is 1. The number of likely N-dealkylation sites (N-methyl/N-ethyl adjacent to an activating group) is 1. The number of anilines is 1. The van der Waals surface area contributed by atoms with Gasteiger partial charge in [-0.05, 0) is 25.0 Å². The highest BCUT2D eigenvalue weighted by molar-refractivity contribution is 5.86. The standard InChI is InChI=1S/C16H19N3O2/c1-11-9-12(18-21-11)10-19(2)16(20)14-7-8-17-15-6-4-3-5-13(14)15/h3-6,9,14,17H,7-8,10H2,1-2H3. The number of aryl methyl sites for hydroxylation is 1. The van der Waals surface area contributed by atoms with E-state index in [2.05, 4.69) is 10.5 Å². The van der Waals surface area contributed by atoms with Crippen LogP contribution < -0.4 is 5.32 Å². The number of amides is 1. The van der Waals surface area contributed by atoms with Gasteiger partial charge in [-0.3, -0.25) is 4.79 Å². The first-order valence-corrected chi connectivity index (χ1v) is 7.15. The number of carbonyl (C=O) groups is 1. The third-order valence-electron chi connectivity index (χ3n) is 3.83. The highest BCUT2D eigenvalue weighted by Gasteiger charge is 2.28. The second-order valence-corrected chi connectivity index (χ2v) is 5.48. The SMILES string of the molecule is Cc1cc(CN(C)C(=O)C2CCNc3ccccc32)no1. The summed E-state index contributed by atoms with van der Waals surface area (Å²) in [4.78, 5) is 14.4. The lowest BCUT2D eigenvalue weighted by molar-refractivity contribution is -0.132. The lowest BCUT2D eigenvalue weighted by Gasteiger charge is -2.29. The molecule has 2 aromatic rings. The van der Waals surface area contributed by atoms with Gasteiger partial charge in [0, 0.05) is 25.3 Å². The van der Waals surface area contributed by atoms with Crippen LogP contribution in [0.15, 0.2) is 34.9 Å². The Balaban J connectivity index is 1.76. The van der Waals surface area contributed by atoms with Crippen LogP contribution in [0.2, 0.25) is 0 Å². The third kappa shape index (κ3) is 2.77. The molecule has 1 unspecified atom stereocenters. The molecule has 3 rings (SSSR count). The Morgan fingerprint density at radius 2 is 2.29 bits per heavy atom. The smallest absolute Gasteiger partial charge is 0.230 e. The molecule has 5 nitrogen and oxygen atoms in total. The second-order valence-electron chi connectivity index (χ2n) is 5.48. The molecular formula is C16H19N3O2. The molecule has 21 heavy (non-hydrogen) atoms. The molecule has 0 saturated carbocycles. The average molecular weight is 285 g/mol. The fourth-order valence-electron chi connectivity index (χ4n) is 2.80. The molecular weight excluding hydrogens is 266 g/mol. The van der Waals surface area contributed by atoms with Crippen molar-refractivity contribution in [1.82, 2.24) is 10.1 Å². The topological polar surface area (TPSA) is 58.4 Å². The predicted molar refractivity (Wildman–Crippen MR) is 80.0 cm³/mol. The van der Waals surface area contributed by atoms with Gasteiger partial charge in [0.15, 0.2) is 0 Å². The van der Waals surface area contributed by atoms with E-state index >= 15 is 0 Å². The van der Waals surface area contributed by atoms with E-state index in [0.29, 0.717) is 6.54 Å². The van der Waals surface area contributed by atoms with Gasteiger partial charge in [-0.25, -0.2) is 0 Å². The Morgan fingerprint density at radius 1 is 1.48 bits per heavy atom. The molecule has 0 aliphatic carbocycles. The number of nitrogens with one attached hydrogen (secondary N) is 1. The molecule has 0 bridgehead atoms. The van der Waals surface area contributed by atoms with Crippen LogP contribution in [0.5, 0.6) is 0 Å². The number of fused-ring (bicyclic) bond motifs is 1. The summed E-state index contributed by atoms with van der Waals surface area (Å²) in [7, 11) is 1.82. The normalized spacial score (nSPS) is 17.0. The molecule has 5 heteroatoms. The van der Waals surface area contributed by atoms with Crippen molar-refractivity contribution in [3.8, 4) is 0 Å². The van der Waals surface area contributed by atoms with Crippen molar-refractivity contribution in [3.63, 3.8) is 0 Å². The molecule has 110 valence electrons. The van der Waals surface area contributed by atoms with Crippen molar-refractivity contribution in [1.29, 1.82) is 0 Å². The molecule has 0 fully saturated rings. The first-order valence-electron chi connectivity index (χ1n) is 7.15. The Kier molecular flexibility index (Phi) is 3.64. The maximum atomic E-state index is 12.7. The molecule has 1 aliphatic heterocycles. The number of para-hydroxylation sites is 1. The van der Waals surface area contributed by atoms with Crippen molar-refractivity contribution in [3.05, 3.63) is 47.3 Å². The van der Waals surface area contributed by atoms with Gasteiger partial charge in [-0.2, -0.15) is 0 Å². The number of aromatic nitrogens is 1. The fraction of sp³-hybridized carbons (Fsp3) is 0.375. The maximum absolute atomic E-state index is 12.7. The minimum Gasteiger partial charge on any atom is -0.385 e. The molecule has 0 spiro atoms. The van der Waals surface area contributed by atoms with Crippen LogP contribution in [0.3, 0.4) is 0 Å². The van der Waals surface area contributed by atoms with Crippen LogP contribution in [0.4, 0.5) is 5.69 Å². The van der Waals surface area contributed by atoms with Crippen LogP contribution >= 0.6 is 0 Å². The van der Waals surface area contributed by atoms with Gasteiger partial charge in [-0.15, -0.1) is 0 Å². The summed E-state index contributed by atoms with van der Waals surface area (Å²) in [5.74, 6) is 0.808. The van der Waals surface area contributed by atoms with Crippen LogP contribution in [-0.2, 0) is 11.3 Å². The monoisotopic (exact) mass is 285 g/mol. The van der Waals surface area contributed by atoms with Gasteiger partial charge in [0.05, 0.1) is 12.5 Å². The van der Waals surface area contributed by atoms with Crippen molar-refractivity contribution >= 4 is 11.6 Å². The van der Waals surface area contributed by atoms with Gasteiger partial charge in [0.25, 0.3) is 0 Å². The van der Waals surface area contributed by atoms with E-state index in [1.165, 1.54) is 0 Å². The van der Waals surface area contributed by atoms with Gasteiger partial charge in [0.1, 0.15) is 11.5 Å². The lowest BCUT2D eigenvalue weighted by atomic mass is 9.90. The van der Waals surface area contributed by atoms with E-state index in [1.807, 2.05) is 44.3 Å². The zero-order valence-corrected chi connectivity index (χ0v) is 12.3. The first-order chi connectivity index (χ1) is 10.1. The lowest BCUT2D eigenvalue weighted by Crippen LogP contribution is -2.34. The summed E-state index contributed by atoms with van der Waals surface area (Å²) in [6, 6.07) is 9.88. The number of nitrogens with zero attached hydrogens (tertiary/aromatic N) is 2. The molecule has 1 aromatic heterocycles. The summed E-state index contributed by atoms with van der Waals surface area (Å²) in [5, 5.41) is 7.29. The van der Waals surface area contributed by atoms with Crippen molar-refractivity contribution < 1.29 is 9.32 Å². The summed E-state index contributed by atoms with van der Waals surface area (Å²) in [5.41, 5.74) is 2.93. The average Bonchev–Trinajstić information content (AvgIpc) is 2.91. The van der Waals surface area contributed by atoms with E-state index in [9.17, 15) is 4.79 Å². The molecule has 1 amide bonds. The Hall–Kier alpha value is -2.30. The van der Waals surface area contributed by atoms with Gasteiger partial charge in [0.2, 0.25) is 5.91 Å². The fourth-order valence-corrected chi connectivity index (χ4v) is 2.80. The van der Waals surface area contributed by atoms with Crippen molar-refractivity contribution in [2.24, 2.45) is 0 Å². The molecule has 0 saturated heterocycles. The summed E-state index contributed by atoms with van der Waals surface area (Å²) >= 11 is 0. The Bertz CT molecular complexity index is 650. The molecule has 1 N–H and O–H groups in total. The zero-order valence-electron chi connectivity index (χ0n) is 12.3. The summed E-state index contributed by atoms with van der Waals surface area (Å²) < 4.78 is 5.05. The van der Waals surface area contributed by atoms with Crippen molar-refractivity contribution in [2.75, 3.05) is 18.9 Å². The molecule has 1 aliphatic rings. The zero-order chi connectivity index (χ0) is 14.8. The number of carbonyl (C=O) groups excluding carboxylic acids is 1.